The summed E-state index contributed by atoms with van der Waals surface area (Å²) in [5.74, 6) is -0.370. The van der Waals surface area contributed by atoms with E-state index >= 15 is 0 Å². The van der Waals surface area contributed by atoms with E-state index in [1.807, 2.05) is 6.92 Å². The SMILES string of the molecule is CCCOCC(O)Cc1ccc(F)cc1Cl. The fourth-order valence-corrected chi connectivity index (χ4v) is 1.61. The zero-order valence-electron chi connectivity index (χ0n) is 9.25. The molecular weight excluding hydrogens is 231 g/mol. The Morgan fingerprint density at radius 2 is 2.25 bits per heavy atom. The molecular formula is C12H16ClFO2. The largest absolute Gasteiger partial charge is 0.390 e. The van der Waals surface area contributed by atoms with E-state index in [0.29, 0.717) is 18.1 Å². The van der Waals surface area contributed by atoms with E-state index in [0.717, 1.165) is 12.0 Å². The van der Waals surface area contributed by atoms with E-state index in [-0.39, 0.29) is 12.4 Å². The third-order valence-electron chi connectivity index (χ3n) is 2.13. The molecule has 0 amide bonds. The highest BCUT2D eigenvalue weighted by Gasteiger charge is 2.09. The lowest BCUT2D eigenvalue weighted by Gasteiger charge is -2.12. The van der Waals surface area contributed by atoms with Gasteiger partial charge in [-0.2, -0.15) is 0 Å². The van der Waals surface area contributed by atoms with Gasteiger partial charge in [-0.1, -0.05) is 24.6 Å². The van der Waals surface area contributed by atoms with Crippen molar-refractivity contribution in [1.29, 1.82) is 0 Å². The summed E-state index contributed by atoms with van der Waals surface area (Å²) in [5.41, 5.74) is 0.732. The molecule has 0 saturated heterocycles. The summed E-state index contributed by atoms with van der Waals surface area (Å²) in [6.07, 6.45) is 0.696. The summed E-state index contributed by atoms with van der Waals surface area (Å²) < 4.78 is 18.0. The van der Waals surface area contributed by atoms with Crippen molar-refractivity contribution >= 4 is 11.6 Å². The summed E-state index contributed by atoms with van der Waals surface area (Å²) >= 11 is 5.84. The fraction of sp³-hybridized carbons (Fsp3) is 0.500. The van der Waals surface area contributed by atoms with Gasteiger partial charge in [-0.05, 0) is 24.1 Å². The molecule has 0 fully saturated rings. The first-order chi connectivity index (χ1) is 7.63. The maximum atomic E-state index is 12.8. The molecule has 1 unspecified atom stereocenters. The molecule has 0 aromatic heterocycles. The minimum Gasteiger partial charge on any atom is -0.390 e. The van der Waals surface area contributed by atoms with Crippen LogP contribution in [-0.4, -0.2) is 24.4 Å². The van der Waals surface area contributed by atoms with Crippen LogP contribution in [0.25, 0.3) is 0 Å². The molecule has 0 bridgehead atoms. The van der Waals surface area contributed by atoms with Crippen LogP contribution in [0.1, 0.15) is 18.9 Å². The van der Waals surface area contributed by atoms with E-state index in [2.05, 4.69) is 0 Å². The van der Waals surface area contributed by atoms with Gasteiger partial charge in [-0.15, -0.1) is 0 Å². The lowest BCUT2D eigenvalue weighted by Crippen LogP contribution is -2.18. The van der Waals surface area contributed by atoms with Crippen molar-refractivity contribution in [3.8, 4) is 0 Å². The summed E-state index contributed by atoms with van der Waals surface area (Å²) in [6, 6.07) is 4.16. The standard InChI is InChI=1S/C12H16ClFO2/c1-2-5-16-8-11(15)6-9-3-4-10(14)7-12(9)13/h3-4,7,11,15H,2,5-6,8H2,1H3. The zero-order chi connectivity index (χ0) is 12.0. The predicted octanol–water partition coefficient (Wildman–Crippen LogP) is 2.81. The van der Waals surface area contributed by atoms with Crippen molar-refractivity contribution in [3.05, 3.63) is 34.6 Å². The number of benzene rings is 1. The zero-order valence-corrected chi connectivity index (χ0v) is 10.0. The summed E-state index contributed by atoms with van der Waals surface area (Å²) in [4.78, 5) is 0. The molecule has 0 aliphatic carbocycles. The predicted molar refractivity (Wildman–Crippen MR) is 62.2 cm³/mol. The Balaban J connectivity index is 2.46. The third kappa shape index (κ3) is 4.47. The Morgan fingerprint density at radius 3 is 2.88 bits per heavy atom. The molecule has 1 aromatic carbocycles. The Kier molecular flexibility index (Phi) is 5.74. The van der Waals surface area contributed by atoms with E-state index in [4.69, 9.17) is 16.3 Å². The normalized spacial score (nSPS) is 12.8. The van der Waals surface area contributed by atoms with Gasteiger partial charge in [-0.3, -0.25) is 0 Å². The van der Waals surface area contributed by atoms with Crippen LogP contribution in [0.4, 0.5) is 4.39 Å². The van der Waals surface area contributed by atoms with Crippen molar-refractivity contribution in [1.82, 2.24) is 0 Å². The second-order valence-electron chi connectivity index (χ2n) is 3.67. The van der Waals surface area contributed by atoms with Gasteiger partial charge < -0.3 is 9.84 Å². The minimum absolute atomic E-state index is 0.279. The van der Waals surface area contributed by atoms with Crippen LogP contribution in [-0.2, 0) is 11.2 Å². The van der Waals surface area contributed by atoms with E-state index in [1.54, 1.807) is 6.07 Å². The van der Waals surface area contributed by atoms with E-state index in [9.17, 15) is 9.50 Å². The van der Waals surface area contributed by atoms with E-state index < -0.39 is 6.10 Å². The Hall–Kier alpha value is -0.640. The molecule has 0 heterocycles. The van der Waals surface area contributed by atoms with Gasteiger partial charge >= 0.3 is 0 Å². The van der Waals surface area contributed by atoms with Crippen molar-refractivity contribution in [2.75, 3.05) is 13.2 Å². The highest BCUT2D eigenvalue weighted by Crippen LogP contribution is 2.18. The van der Waals surface area contributed by atoms with Gasteiger partial charge in [0.2, 0.25) is 0 Å². The number of ether oxygens (including phenoxy) is 1. The average Bonchev–Trinajstić information content (AvgIpc) is 2.23. The fourth-order valence-electron chi connectivity index (χ4n) is 1.36. The van der Waals surface area contributed by atoms with Crippen molar-refractivity contribution in [2.45, 2.75) is 25.9 Å². The van der Waals surface area contributed by atoms with Crippen molar-refractivity contribution < 1.29 is 14.2 Å². The molecule has 0 radical (unpaired) electrons. The van der Waals surface area contributed by atoms with Crippen LogP contribution < -0.4 is 0 Å². The van der Waals surface area contributed by atoms with Gasteiger partial charge in [0.05, 0.1) is 12.7 Å². The topological polar surface area (TPSA) is 29.5 Å². The number of aliphatic hydroxyl groups is 1. The van der Waals surface area contributed by atoms with E-state index in [1.165, 1.54) is 12.1 Å². The first-order valence-electron chi connectivity index (χ1n) is 5.33. The maximum Gasteiger partial charge on any atom is 0.124 e. The van der Waals surface area contributed by atoms with Crippen LogP contribution in [0.3, 0.4) is 0 Å². The molecule has 0 saturated carbocycles. The molecule has 0 aliphatic rings. The Morgan fingerprint density at radius 1 is 1.50 bits per heavy atom. The number of aliphatic hydroxyl groups excluding tert-OH is 1. The highest BCUT2D eigenvalue weighted by molar-refractivity contribution is 6.31. The summed E-state index contributed by atoms with van der Waals surface area (Å²) in [5, 5.41) is 9.99. The van der Waals surface area contributed by atoms with Crippen LogP contribution in [0.5, 0.6) is 0 Å². The number of hydrogen-bond donors (Lipinski definition) is 1. The minimum atomic E-state index is -0.602. The molecule has 90 valence electrons. The first kappa shape index (κ1) is 13.4. The van der Waals surface area contributed by atoms with Crippen LogP contribution in [0.2, 0.25) is 5.02 Å². The second kappa shape index (κ2) is 6.84. The molecule has 1 rings (SSSR count). The molecule has 2 nitrogen and oxygen atoms in total. The average molecular weight is 247 g/mol. The Labute approximate surface area is 100.0 Å². The van der Waals surface area contributed by atoms with Crippen LogP contribution >= 0.6 is 11.6 Å². The van der Waals surface area contributed by atoms with Crippen LogP contribution in [0.15, 0.2) is 18.2 Å². The van der Waals surface area contributed by atoms with Gasteiger partial charge in [0.25, 0.3) is 0 Å². The quantitative estimate of drug-likeness (QED) is 0.783. The molecule has 0 aliphatic heterocycles. The molecule has 1 N–H and O–H groups in total. The first-order valence-corrected chi connectivity index (χ1v) is 5.71. The molecule has 1 atom stereocenters. The molecule has 16 heavy (non-hydrogen) atoms. The Bertz CT molecular complexity index is 331. The second-order valence-corrected chi connectivity index (χ2v) is 4.08. The van der Waals surface area contributed by atoms with Crippen molar-refractivity contribution in [2.24, 2.45) is 0 Å². The van der Waals surface area contributed by atoms with Gasteiger partial charge in [0.15, 0.2) is 0 Å². The van der Waals surface area contributed by atoms with Crippen LogP contribution in [0, 0.1) is 5.82 Å². The summed E-state index contributed by atoms with van der Waals surface area (Å²) in [6.45, 7) is 2.92. The van der Waals surface area contributed by atoms with Gasteiger partial charge in [0, 0.05) is 18.1 Å². The smallest absolute Gasteiger partial charge is 0.124 e. The number of halogens is 2. The molecule has 1 aromatic rings. The molecule has 0 spiro atoms. The summed E-state index contributed by atoms with van der Waals surface area (Å²) in [7, 11) is 0. The highest BCUT2D eigenvalue weighted by atomic mass is 35.5. The number of hydrogen-bond acceptors (Lipinski definition) is 2. The lowest BCUT2D eigenvalue weighted by atomic mass is 10.1. The maximum absolute atomic E-state index is 12.8. The third-order valence-corrected chi connectivity index (χ3v) is 2.48. The molecule has 4 heteroatoms. The monoisotopic (exact) mass is 246 g/mol. The number of rotatable bonds is 6. The van der Waals surface area contributed by atoms with Crippen molar-refractivity contribution in [3.63, 3.8) is 0 Å². The van der Waals surface area contributed by atoms with Gasteiger partial charge in [0.1, 0.15) is 5.82 Å². The van der Waals surface area contributed by atoms with Gasteiger partial charge in [-0.25, -0.2) is 4.39 Å². The lowest BCUT2D eigenvalue weighted by molar-refractivity contribution is 0.0374.